The van der Waals surface area contributed by atoms with Crippen LogP contribution in [0.15, 0.2) is 47.6 Å². The van der Waals surface area contributed by atoms with Crippen LogP contribution in [0.4, 0.5) is 5.69 Å². The minimum atomic E-state index is -0.205. The lowest BCUT2D eigenvalue weighted by Gasteiger charge is -2.23. The van der Waals surface area contributed by atoms with Crippen LogP contribution in [-0.4, -0.2) is 18.4 Å². The van der Waals surface area contributed by atoms with E-state index in [1.54, 1.807) is 0 Å². The molecule has 27 heavy (non-hydrogen) atoms. The molecule has 3 fully saturated rings. The van der Waals surface area contributed by atoms with Gasteiger partial charge < -0.3 is 4.74 Å². The molecule has 1 aliphatic heterocycles. The van der Waals surface area contributed by atoms with E-state index in [-0.39, 0.29) is 35.5 Å². The Balaban J connectivity index is 1.46. The van der Waals surface area contributed by atoms with Crippen LogP contribution < -0.4 is 9.64 Å². The van der Waals surface area contributed by atoms with Crippen LogP contribution in [0.3, 0.4) is 0 Å². The number of hydrogen-bond acceptors (Lipinski definition) is 3. The summed E-state index contributed by atoms with van der Waals surface area (Å²) in [7, 11) is 0. The van der Waals surface area contributed by atoms with Gasteiger partial charge in [-0.25, -0.2) is 4.90 Å². The van der Waals surface area contributed by atoms with Crippen molar-refractivity contribution >= 4 is 17.5 Å². The van der Waals surface area contributed by atoms with E-state index in [1.165, 1.54) is 35.3 Å². The van der Waals surface area contributed by atoms with E-state index in [2.05, 4.69) is 12.2 Å². The summed E-state index contributed by atoms with van der Waals surface area (Å²) in [5.74, 6) is 0.563. The van der Waals surface area contributed by atoms with E-state index in [4.69, 9.17) is 4.74 Å². The summed E-state index contributed by atoms with van der Waals surface area (Å²) in [5, 5.41) is 0. The van der Waals surface area contributed by atoms with Crippen molar-refractivity contribution in [2.45, 2.75) is 39.0 Å². The minimum Gasteiger partial charge on any atom is -0.494 e. The normalized spacial score (nSPS) is 31.8. The molecule has 4 nitrogen and oxygen atoms in total. The zero-order valence-electron chi connectivity index (χ0n) is 15.7. The SMILES string of the molecule is CCOc1ccc(N2C(=O)[C@@H]3[C@H](C2=O)[C@@H]2C=C[C@@H]3C2=C2CCCCC2)cc1. The molecular formula is C23H25NO3. The van der Waals surface area contributed by atoms with Crippen molar-refractivity contribution in [3.8, 4) is 5.75 Å². The second-order valence-corrected chi connectivity index (χ2v) is 8.05. The monoisotopic (exact) mass is 363 g/mol. The first-order chi connectivity index (χ1) is 13.2. The highest BCUT2D eigenvalue weighted by atomic mass is 16.5. The highest BCUT2D eigenvalue weighted by molar-refractivity contribution is 6.23. The molecule has 4 atom stereocenters. The lowest BCUT2D eigenvalue weighted by Crippen LogP contribution is -2.33. The molecule has 2 bridgehead atoms. The number of imide groups is 1. The summed E-state index contributed by atoms with van der Waals surface area (Å²) in [6.07, 6.45) is 10.5. The molecule has 1 heterocycles. The van der Waals surface area contributed by atoms with Crippen LogP contribution in [0.25, 0.3) is 0 Å². The van der Waals surface area contributed by atoms with Crippen molar-refractivity contribution in [1.29, 1.82) is 0 Å². The molecule has 0 spiro atoms. The molecule has 1 aromatic carbocycles. The molecular weight excluding hydrogens is 338 g/mol. The zero-order chi connectivity index (χ0) is 18.5. The molecule has 1 saturated heterocycles. The minimum absolute atomic E-state index is 0.0279. The van der Waals surface area contributed by atoms with Crippen LogP contribution in [0.2, 0.25) is 0 Å². The lowest BCUT2D eigenvalue weighted by atomic mass is 9.85. The van der Waals surface area contributed by atoms with E-state index in [9.17, 15) is 9.59 Å². The fourth-order valence-electron chi connectivity index (χ4n) is 5.61. The van der Waals surface area contributed by atoms with Crippen molar-refractivity contribution in [3.63, 3.8) is 0 Å². The first-order valence-electron chi connectivity index (χ1n) is 10.2. The Morgan fingerprint density at radius 3 is 2.07 bits per heavy atom. The molecule has 0 N–H and O–H groups in total. The Kier molecular flexibility index (Phi) is 3.96. The van der Waals surface area contributed by atoms with Crippen molar-refractivity contribution < 1.29 is 14.3 Å². The lowest BCUT2D eigenvalue weighted by molar-refractivity contribution is -0.122. The van der Waals surface area contributed by atoms with E-state index in [0.717, 1.165) is 18.6 Å². The highest BCUT2D eigenvalue weighted by Crippen LogP contribution is 2.58. The van der Waals surface area contributed by atoms with Crippen molar-refractivity contribution in [2.24, 2.45) is 23.7 Å². The number of hydrogen-bond donors (Lipinski definition) is 0. The molecule has 0 radical (unpaired) electrons. The predicted octanol–water partition coefficient (Wildman–Crippen LogP) is 4.27. The second kappa shape index (κ2) is 6.36. The zero-order valence-corrected chi connectivity index (χ0v) is 15.7. The van der Waals surface area contributed by atoms with E-state index < -0.39 is 0 Å². The first kappa shape index (κ1) is 16.8. The largest absolute Gasteiger partial charge is 0.494 e. The number of allylic oxidation sites excluding steroid dienone is 4. The maximum Gasteiger partial charge on any atom is 0.238 e. The number of carbonyl (C=O) groups excluding carboxylic acids is 2. The Morgan fingerprint density at radius 1 is 0.926 bits per heavy atom. The van der Waals surface area contributed by atoms with E-state index >= 15 is 0 Å². The molecule has 2 amide bonds. The Morgan fingerprint density at radius 2 is 1.52 bits per heavy atom. The van der Waals surface area contributed by atoms with Crippen LogP contribution in [0, 0.1) is 23.7 Å². The van der Waals surface area contributed by atoms with Gasteiger partial charge >= 0.3 is 0 Å². The van der Waals surface area contributed by atoms with Gasteiger partial charge in [0.2, 0.25) is 11.8 Å². The average molecular weight is 363 g/mol. The van der Waals surface area contributed by atoms with Gasteiger partial charge in [0.05, 0.1) is 24.1 Å². The van der Waals surface area contributed by atoms with Gasteiger partial charge in [0.25, 0.3) is 0 Å². The number of amides is 2. The van der Waals surface area contributed by atoms with Crippen LogP contribution in [0.1, 0.15) is 39.0 Å². The van der Waals surface area contributed by atoms with Gasteiger partial charge in [-0.2, -0.15) is 0 Å². The van der Waals surface area contributed by atoms with Crippen LogP contribution >= 0.6 is 0 Å². The fourth-order valence-corrected chi connectivity index (χ4v) is 5.61. The van der Waals surface area contributed by atoms with Gasteiger partial charge in [-0.15, -0.1) is 0 Å². The molecule has 4 aliphatic rings. The standard InChI is InChI=1S/C23H25NO3/c1-2-27-16-10-8-15(9-11-16)24-22(25)20-17-12-13-18(21(20)23(24)26)19(17)14-6-4-3-5-7-14/h8-13,17-18,20-21H,2-7H2,1H3/t17-,18-,20-,21+/m1/s1. The topological polar surface area (TPSA) is 46.6 Å². The average Bonchev–Trinajstić information content (AvgIpc) is 3.33. The van der Waals surface area contributed by atoms with Crippen LogP contribution in [-0.2, 0) is 9.59 Å². The number of benzene rings is 1. The number of nitrogens with zero attached hydrogens (tertiary/aromatic N) is 1. The number of fused-ring (bicyclic) bond motifs is 5. The van der Waals surface area contributed by atoms with Crippen molar-refractivity contribution in [3.05, 3.63) is 47.6 Å². The quantitative estimate of drug-likeness (QED) is 0.595. The number of anilines is 1. The molecule has 3 aliphatic carbocycles. The van der Waals surface area contributed by atoms with Gasteiger partial charge in [0.15, 0.2) is 0 Å². The Hall–Kier alpha value is -2.36. The van der Waals surface area contributed by atoms with Gasteiger partial charge in [0.1, 0.15) is 5.75 Å². The molecule has 2 saturated carbocycles. The second-order valence-electron chi connectivity index (χ2n) is 8.05. The van der Waals surface area contributed by atoms with Gasteiger partial charge in [-0.1, -0.05) is 29.7 Å². The Labute approximate surface area is 159 Å². The maximum atomic E-state index is 13.2. The summed E-state index contributed by atoms with van der Waals surface area (Å²) in [6, 6.07) is 7.29. The van der Waals surface area contributed by atoms with Gasteiger partial charge in [-0.05, 0) is 56.9 Å². The summed E-state index contributed by atoms with van der Waals surface area (Å²) in [6.45, 7) is 2.53. The Bertz CT molecular complexity index is 809. The van der Waals surface area contributed by atoms with E-state index in [1.807, 2.05) is 31.2 Å². The van der Waals surface area contributed by atoms with Crippen molar-refractivity contribution in [2.75, 3.05) is 11.5 Å². The van der Waals surface area contributed by atoms with Crippen molar-refractivity contribution in [1.82, 2.24) is 0 Å². The predicted molar refractivity (Wildman–Crippen MR) is 103 cm³/mol. The van der Waals surface area contributed by atoms with E-state index in [0.29, 0.717) is 12.3 Å². The summed E-state index contributed by atoms with van der Waals surface area (Å²) in [5.41, 5.74) is 3.61. The molecule has 4 heteroatoms. The summed E-state index contributed by atoms with van der Waals surface area (Å²) < 4.78 is 5.47. The molecule has 1 aromatic rings. The number of carbonyl (C=O) groups is 2. The fraction of sp³-hybridized carbons (Fsp3) is 0.478. The third-order valence-corrected chi connectivity index (χ3v) is 6.69. The smallest absolute Gasteiger partial charge is 0.238 e. The number of rotatable bonds is 3. The van der Waals surface area contributed by atoms with Crippen LogP contribution in [0.5, 0.6) is 5.75 Å². The third-order valence-electron chi connectivity index (χ3n) is 6.69. The molecule has 0 unspecified atom stereocenters. The molecule has 140 valence electrons. The maximum absolute atomic E-state index is 13.2. The highest BCUT2D eigenvalue weighted by Gasteiger charge is 2.62. The molecule has 0 aromatic heterocycles. The molecule has 5 rings (SSSR count). The first-order valence-corrected chi connectivity index (χ1v) is 10.2. The van der Waals surface area contributed by atoms with Gasteiger partial charge in [-0.3, -0.25) is 9.59 Å². The number of ether oxygens (including phenoxy) is 1. The summed E-state index contributed by atoms with van der Waals surface area (Å²) >= 11 is 0. The summed E-state index contributed by atoms with van der Waals surface area (Å²) in [4.78, 5) is 27.9. The van der Waals surface area contributed by atoms with Gasteiger partial charge in [0, 0.05) is 11.8 Å². The third kappa shape index (κ3) is 2.42.